The molecule has 0 fully saturated rings. The van der Waals surface area contributed by atoms with E-state index in [-0.39, 0.29) is 21.5 Å². The highest BCUT2D eigenvalue weighted by atomic mass is 35.5. The Balaban J connectivity index is 3.10. The van der Waals surface area contributed by atoms with Crippen molar-refractivity contribution < 1.29 is 13.5 Å². The molecule has 4 nitrogen and oxygen atoms in total. The van der Waals surface area contributed by atoms with Gasteiger partial charge in [-0.2, -0.15) is 0 Å². The number of benzene rings is 1. The van der Waals surface area contributed by atoms with Crippen LogP contribution in [0.2, 0.25) is 10.0 Å². The van der Waals surface area contributed by atoms with E-state index < -0.39 is 15.6 Å². The zero-order valence-electron chi connectivity index (χ0n) is 9.37. The highest BCUT2D eigenvalue weighted by molar-refractivity contribution is 7.89. The molecule has 0 radical (unpaired) electrons. The smallest absolute Gasteiger partial charge is 0.241 e. The van der Waals surface area contributed by atoms with Crippen molar-refractivity contribution in [2.24, 2.45) is 0 Å². The average Bonchev–Trinajstić information content (AvgIpc) is 2.20. The molecule has 0 spiro atoms. The second-order valence-electron chi connectivity index (χ2n) is 4.22. The summed E-state index contributed by atoms with van der Waals surface area (Å²) in [5, 5.41) is 9.48. The van der Waals surface area contributed by atoms with E-state index in [1.54, 1.807) is 13.8 Å². The van der Waals surface area contributed by atoms with E-state index in [0.717, 1.165) is 0 Å². The Morgan fingerprint density at radius 3 is 2.35 bits per heavy atom. The van der Waals surface area contributed by atoms with Crippen LogP contribution < -0.4 is 4.72 Å². The van der Waals surface area contributed by atoms with E-state index >= 15 is 0 Å². The number of sulfonamides is 1. The molecule has 0 amide bonds. The van der Waals surface area contributed by atoms with E-state index in [1.807, 2.05) is 0 Å². The van der Waals surface area contributed by atoms with Gasteiger partial charge < -0.3 is 5.11 Å². The molecular formula is C10H13Cl2NO3S. The molecule has 0 atom stereocenters. The summed E-state index contributed by atoms with van der Waals surface area (Å²) in [6.45, 7) is 2.83. The predicted octanol–water partition coefficient (Wildman–Crippen LogP) is 2.04. The first-order chi connectivity index (χ1) is 7.68. The second-order valence-corrected chi connectivity index (χ2v) is 6.72. The number of hydrogen-bond acceptors (Lipinski definition) is 3. The van der Waals surface area contributed by atoms with E-state index in [4.69, 9.17) is 28.3 Å². The lowest BCUT2D eigenvalue weighted by atomic mass is 10.1. The molecule has 2 N–H and O–H groups in total. The van der Waals surface area contributed by atoms with E-state index in [2.05, 4.69) is 4.72 Å². The van der Waals surface area contributed by atoms with Gasteiger partial charge >= 0.3 is 0 Å². The van der Waals surface area contributed by atoms with Crippen LogP contribution in [0.25, 0.3) is 0 Å². The van der Waals surface area contributed by atoms with Crippen molar-refractivity contribution >= 4 is 33.2 Å². The fourth-order valence-electron chi connectivity index (χ4n) is 1.10. The largest absolute Gasteiger partial charge is 0.394 e. The number of nitrogens with one attached hydrogen (secondary N) is 1. The van der Waals surface area contributed by atoms with Gasteiger partial charge in [-0.3, -0.25) is 0 Å². The summed E-state index contributed by atoms with van der Waals surface area (Å²) in [4.78, 5) is 0.00780. The maximum absolute atomic E-state index is 11.9. The molecule has 1 rings (SSSR count). The van der Waals surface area contributed by atoms with E-state index in [1.165, 1.54) is 18.2 Å². The van der Waals surface area contributed by atoms with Gasteiger partial charge in [-0.05, 0) is 32.0 Å². The molecule has 0 heterocycles. The van der Waals surface area contributed by atoms with Crippen molar-refractivity contribution in [2.45, 2.75) is 24.3 Å². The Kier molecular flexibility index (Phi) is 4.43. The van der Waals surface area contributed by atoms with Crippen LogP contribution in [-0.2, 0) is 10.0 Å². The number of hydrogen-bond donors (Lipinski definition) is 2. The third kappa shape index (κ3) is 3.82. The lowest BCUT2D eigenvalue weighted by Crippen LogP contribution is -2.46. The molecule has 96 valence electrons. The van der Waals surface area contributed by atoms with Crippen LogP contribution >= 0.6 is 23.2 Å². The molecule has 0 bridgehead atoms. The van der Waals surface area contributed by atoms with Crippen molar-refractivity contribution in [1.82, 2.24) is 4.72 Å². The van der Waals surface area contributed by atoms with Crippen molar-refractivity contribution in [1.29, 1.82) is 0 Å². The summed E-state index contributed by atoms with van der Waals surface area (Å²) in [5.41, 5.74) is -0.940. The van der Waals surface area contributed by atoms with Gasteiger partial charge in [-0.25, -0.2) is 13.1 Å². The standard InChI is InChI=1S/C10H13Cl2NO3S/c1-10(2,6-14)13-17(15,16)7-3-4-8(11)9(12)5-7/h3-5,13-14H,6H2,1-2H3. The van der Waals surface area contributed by atoms with Crippen LogP contribution in [0.3, 0.4) is 0 Å². The van der Waals surface area contributed by atoms with Gasteiger partial charge in [-0.1, -0.05) is 23.2 Å². The summed E-state index contributed by atoms with van der Waals surface area (Å²) in [6.07, 6.45) is 0. The average molecular weight is 298 g/mol. The molecular weight excluding hydrogens is 285 g/mol. The highest BCUT2D eigenvalue weighted by Crippen LogP contribution is 2.25. The molecule has 7 heteroatoms. The molecule has 1 aromatic carbocycles. The Hall–Kier alpha value is -0.330. The predicted molar refractivity (Wildman–Crippen MR) is 67.9 cm³/mol. The lowest BCUT2D eigenvalue weighted by molar-refractivity contribution is 0.208. The monoisotopic (exact) mass is 297 g/mol. The van der Waals surface area contributed by atoms with Crippen LogP contribution in [0.5, 0.6) is 0 Å². The molecule has 0 aliphatic heterocycles. The minimum atomic E-state index is -3.72. The number of halogens is 2. The first kappa shape index (κ1) is 14.7. The van der Waals surface area contributed by atoms with Crippen molar-refractivity contribution in [3.8, 4) is 0 Å². The van der Waals surface area contributed by atoms with Gasteiger partial charge in [0.15, 0.2) is 0 Å². The zero-order valence-corrected chi connectivity index (χ0v) is 11.7. The lowest BCUT2D eigenvalue weighted by Gasteiger charge is -2.23. The molecule has 17 heavy (non-hydrogen) atoms. The first-order valence-corrected chi connectivity index (χ1v) is 7.02. The third-order valence-electron chi connectivity index (χ3n) is 2.01. The number of aliphatic hydroxyl groups excluding tert-OH is 1. The van der Waals surface area contributed by atoms with Gasteiger partial charge in [0.1, 0.15) is 0 Å². The minimum absolute atomic E-state index is 0.00780. The van der Waals surface area contributed by atoms with Crippen molar-refractivity contribution in [3.63, 3.8) is 0 Å². The van der Waals surface area contributed by atoms with Gasteiger partial charge in [0, 0.05) is 0 Å². The second kappa shape index (κ2) is 5.12. The molecule has 0 saturated carbocycles. The van der Waals surface area contributed by atoms with Crippen LogP contribution in [0.15, 0.2) is 23.1 Å². The maximum atomic E-state index is 11.9. The summed E-state index contributed by atoms with van der Waals surface area (Å²) in [5.74, 6) is 0. The third-order valence-corrected chi connectivity index (χ3v) is 4.44. The highest BCUT2D eigenvalue weighted by Gasteiger charge is 2.25. The molecule has 0 aliphatic rings. The van der Waals surface area contributed by atoms with Gasteiger partial charge in [0.2, 0.25) is 10.0 Å². The normalized spacial score (nSPS) is 12.8. The summed E-state index contributed by atoms with van der Waals surface area (Å²) >= 11 is 11.5. The molecule has 0 aliphatic carbocycles. The van der Waals surface area contributed by atoms with Crippen LogP contribution in [0, 0.1) is 0 Å². The molecule has 0 unspecified atom stereocenters. The first-order valence-electron chi connectivity index (χ1n) is 4.78. The van der Waals surface area contributed by atoms with Gasteiger partial charge in [0.05, 0.1) is 27.1 Å². The van der Waals surface area contributed by atoms with E-state index in [0.29, 0.717) is 0 Å². The Bertz CT molecular complexity index is 514. The SMILES string of the molecule is CC(C)(CO)NS(=O)(=O)c1ccc(Cl)c(Cl)c1. The van der Waals surface area contributed by atoms with Crippen LogP contribution in [0.1, 0.15) is 13.8 Å². The Morgan fingerprint density at radius 1 is 1.29 bits per heavy atom. The summed E-state index contributed by atoms with van der Waals surface area (Å²) in [6, 6.07) is 4.02. The Morgan fingerprint density at radius 2 is 1.88 bits per heavy atom. The topological polar surface area (TPSA) is 66.4 Å². The fourth-order valence-corrected chi connectivity index (χ4v) is 2.89. The van der Waals surface area contributed by atoms with E-state index in [9.17, 15) is 8.42 Å². The maximum Gasteiger partial charge on any atom is 0.241 e. The number of aliphatic hydroxyl groups is 1. The van der Waals surface area contributed by atoms with Crippen molar-refractivity contribution in [2.75, 3.05) is 6.61 Å². The van der Waals surface area contributed by atoms with Gasteiger partial charge in [0.25, 0.3) is 0 Å². The quantitative estimate of drug-likeness (QED) is 0.894. The van der Waals surface area contributed by atoms with Gasteiger partial charge in [-0.15, -0.1) is 0 Å². The zero-order chi connectivity index (χ0) is 13.3. The van der Waals surface area contributed by atoms with Crippen molar-refractivity contribution in [3.05, 3.63) is 28.2 Å². The molecule has 1 aromatic rings. The van der Waals surface area contributed by atoms with Crippen LogP contribution in [0.4, 0.5) is 0 Å². The minimum Gasteiger partial charge on any atom is -0.394 e. The van der Waals surface area contributed by atoms with Crippen LogP contribution in [-0.4, -0.2) is 25.7 Å². The molecule has 0 saturated heterocycles. The summed E-state index contributed by atoms with van der Waals surface area (Å²) < 4.78 is 26.3. The summed E-state index contributed by atoms with van der Waals surface area (Å²) in [7, 11) is -3.72. The fraction of sp³-hybridized carbons (Fsp3) is 0.400. The Labute approximate surface area is 111 Å². The number of rotatable bonds is 4. The molecule has 0 aromatic heterocycles.